The molecule has 2 aliphatic heterocycles. The Balaban J connectivity index is 1.75. The molecule has 3 nitrogen and oxygen atoms in total. The monoisotopic (exact) mass is 357 g/mol. The highest BCUT2D eigenvalue weighted by molar-refractivity contribution is 5.99. The van der Waals surface area contributed by atoms with Gasteiger partial charge in [0.2, 0.25) is 0 Å². The standard InChI is InChI=1S/C24H23NO2/c1-26-18-9-10-21-22(20-8-4-6-17-5-2-3-7-19(17)20)16-24(27-23(21)15-18)11-13-25-14-12-24/h2-10,15-16,25H,11-14H2,1H3. The van der Waals surface area contributed by atoms with Gasteiger partial charge in [-0.3, -0.25) is 0 Å². The van der Waals surface area contributed by atoms with E-state index in [0.29, 0.717) is 0 Å². The van der Waals surface area contributed by atoms with E-state index in [1.807, 2.05) is 12.1 Å². The molecular formula is C24H23NO2. The van der Waals surface area contributed by atoms with Crippen molar-refractivity contribution in [3.05, 3.63) is 77.9 Å². The highest BCUT2D eigenvalue weighted by atomic mass is 16.5. The van der Waals surface area contributed by atoms with E-state index in [9.17, 15) is 0 Å². The predicted octanol–water partition coefficient (Wildman–Crippen LogP) is 4.79. The molecule has 0 amide bonds. The molecule has 1 fully saturated rings. The Kier molecular flexibility index (Phi) is 3.91. The molecule has 0 atom stereocenters. The van der Waals surface area contributed by atoms with E-state index in [0.717, 1.165) is 43.0 Å². The summed E-state index contributed by atoms with van der Waals surface area (Å²) in [5.41, 5.74) is 3.41. The van der Waals surface area contributed by atoms with Gasteiger partial charge in [0.15, 0.2) is 0 Å². The third-order valence-electron chi connectivity index (χ3n) is 5.73. The maximum Gasteiger partial charge on any atom is 0.132 e. The van der Waals surface area contributed by atoms with Gasteiger partial charge < -0.3 is 14.8 Å². The SMILES string of the molecule is COc1ccc2c(c1)OC1(C=C2c2cccc3ccccc23)CCNCC1. The van der Waals surface area contributed by atoms with Crippen LogP contribution in [0.4, 0.5) is 0 Å². The summed E-state index contributed by atoms with van der Waals surface area (Å²) in [5, 5.41) is 5.99. The predicted molar refractivity (Wildman–Crippen MR) is 109 cm³/mol. The fourth-order valence-corrected chi connectivity index (χ4v) is 4.31. The molecule has 0 radical (unpaired) electrons. The van der Waals surface area contributed by atoms with E-state index in [1.165, 1.54) is 21.9 Å². The summed E-state index contributed by atoms with van der Waals surface area (Å²) in [5.74, 6) is 1.75. The first-order chi connectivity index (χ1) is 13.3. The van der Waals surface area contributed by atoms with Crippen LogP contribution in [0.25, 0.3) is 16.3 Å². The van der Waals surface area contributed by atoms with Crippen LogP contribution in [0.5, 0.6) is 11.5 Å². The van der Waals surface area contributed by atoms with Crippen LogP contribution in [0.3, 0.4) is 0 Å². The molecule has 136 valence electrons. The van der Waals surface area contributed by atoms with Crippen molar-refractivity contribution in [2.45, 2.75) is 18.4 Å². The lowest BCUT2D eigenvalue weighted by Crippen LogP contribution is -2.46. The van der Waals surface area contributed by atoms with Crippen LogP contribution < -0.4 is 14.8 Å². The van der Waals surface area contributed by atoms with E-state index in [1.54, 1.807) is 7.11 Å². The number of hydrogen-bond acceptors (Lipinski definition) is 3. The number of ether oxygens (including phenoxy) is 2. The molecule has 5 rings (SSSR count). The largest absolute Gasteiger partial charge is 0.497 e. The second-order valence-corrected chi connectivity index (χ2v) is 7.36. The van der Waals surface area contributed by atoms with Gasteiger partial charge in [0, 0.05) is 24.5 Å². The maximum absolute atomic E-state index is 6.57. The summed E-state index contributed by atoms with van der Waals surface area (Å²) in [4.78, 5) is 0. The molecule has 1 saturated heterocycles. The van der Waals surface area contributed by atoms with Gasteiger partial charge in [-0.25, -0.2) is 0 Å². The number of methoxy groups -OCH3 is 1. The minimum Gasteiger partial charge on any atom is -0.497 e. The van der Waals surface area contributed by atoms with Crippen molar-refractivity contribution in [3.63, 3.8) is 0 Å². The fraction of sp³-hybridized carbons (Fsp3) is 0.250. The first-order valence-corrected chi connectivity index (χ1v) is 9.57. The quantitative estimate of drug-likeness (QED) is 0.715. The lowest BCUT2D eigenvalue weighted by Gasteiger charge is -2.40. The molecule has 1 spiro atoms. The second kappa shape index (κ2) is 6.43. The first kappa shape index (κ1) is 16.4. The number of hydrogen-bond donors (Lipinski definition) is 1. The molecule has 0 aromatic heterocycles. The highest BCUT2D eigenvalue weighted by Crippen LogP contribution is 2.45. The lowest BCUT2D eigenvalue weighted by molar-refractivity contribution is 0.0814. The summed E-state index contributed by atoms with van der Waals surface area (Å²) < 4.78 is 12.0. The molecule has 0 saturated carbocycles. The molecule has 3 heteroatoms. The van der Waals surface area contributed by atoms with Crippen LogP contribution in [0.1, 0.15) is 24.0 Å². The van der Waals surface area contributed by atoms with Gasteiger partial charge in [0.1, 0.15) is 17.1 Å². The van der Waals surface area contributed by atoms with Crippen molar-refractivity contribution in [1.29, 1.82) is 0 Å². The normalized spacial score (nSPS) is 17.9. The van der Waals surface area contributed by atoms with E-state index >= 15 is 0 Å². The Bertz CT molecular complexity index is 1030. The smallest absolute Gasteiger partial charge is 0.132 e. The number of fused-ring (bicyclic) bond motifs is 2. The summed E-state index contributed by atoms with van der Waals surface area (Å²) in [6, 6.07) is 21.3. The van der Waals surface area contributed by atoms with Gasteiger partial charge in [-0.2, -0.15) is 0 Å². The number of nitrogens with one attached hydrogen (secondary N) is 1. The average molecular weight is 357 g/mol. The molecular weight excluding hydrogens is 334 g/mol. The van der Waals surface area contributed by atoms with Crippen molar-refractivity contribution in [3.8, 4) is 11.5 Å². The molecule has 2 heterocycles. The van der Waals surface area contributed by atoms with E-state index in [-0.39, 0.29) is 5.60 Å². The van der Waals surface area contributed by atoms with Crippen LogP contribution in [-0.2, 0) is 0 Å². The topological polar surface area (TPSA) is 30.5 Å². The molecule has 0 unspecified atom stereocenters. The number of rotatable bonds is 2. The molecule has 0 bridgehead atoms. The molecule has 1 N–H and O–H groups in total. The van der Waals surface area contributed by atoms with Gasteiger partial charge in [0.05, 0.1) is 7.11 Å². The molecule has 2 aliphatic rings. The third kappa shape index (κ3) is 2.79. The minimum absolute atomic E-state index is 0.253. The molecule has 0 aliphatic carbocycles. The summed E-state index contributed by atoms with van der Waals surface area (Å²) in [6.07, 6.45) is 4.31. The van der Waals surface area contributed by atoms with Gasteiger partial charge in [-0.05, 0) is 53.2 Å². The van der Waals surface area contributed by atoms with Gasteiger partial charge in [0.25, 0.3) is 0 Å². The van der Waals surface area contributed by atoms with Crippen LogP contribution in [0, 0.1) is 0 Å². The molecule has 3 aromatic carbocycles. The van der Waals surface area contributed by atoms with Crippen LogP contribution >= 0.6 is 0 Å². The zero-order valence-electron chi connectivity index (χ0n) is 15.5. The van der Waals surface area contributed by atoms with Crippen LogP contribution in [0.2, 0.25) is 0 Å². The van der Waals surface area contributed by atoms with Gasteiger partial charge in [-0.1, -0.05) is 42.5 Å². The second-order valence-electron chi connectivity index (χ2n) is 7.36. The van der Waals surface area contributed by atoms with E-state index < -0.39 is 0 Å². The van der Waals surface area contributed by atoms with Crippen molar-refractivity contribution >= 4 is 16.3 Å². The first-order valence-electron chi connectivity index (χ1n) is 9.57. The maximum atomic E-state index is 6.57. The number of piperidine rings is 1. The van der Waals surface area contributed by atoms with Gasteiger partial charge >= 0.3 is 0 Å². The Morgan fingerprint density at radius 3 is 2.59 bits per heavy atom. The Morgan fingerprint density at radius 2 is 1.74 bits per heavy atom. The summed E-state index contributed by atoms with van der Waals surface area (Å²) in [7, 11) is 1.70. The van der Waals surface area contributed by atoms with Crippen LogP contribution in [0.15, 0.2) is 66.7 Å². The zero-order chi connectivity index (χ0) is 18.3. The van der Waals surface area contributed by atoms with Crippen LogP contribution in [-0.4, -0.2) is 25.8 Å². The zero-order valence-corrected chi connectivity index (χ0v) is 15.5. The minimum atomic E-state index is -0.253. The van der Waals surface area contributed by atoms with Crippen molar-refractivity contribution in [2.75, 3.05) is 20.2 Å². The molecule has 27 heavy (non-hydrogen) atoms. The Labute approximate surface area is 159 Å². The van der Waals surface area contributed by atoms with E-state index in [4.69, 9.17) is 9.47 Å². The highest BCUT2D eigenvalue weighted by Gasteiger charge is 2.37. The summed E-state index contributed by atoms with van der Waals surface area (Å²) >= 11 is 0. The fourth-order valence-electron chi connectivity index (χ4n) is 4.31. The third-order valence-corrected chi connectivity index (χ3v) is 5.73. The average Bonchev–Trinajstić information content (AvgIpc) is 2.73. The van der Waals surface area contributed by atoms with Crippen molar-refractivity contribution in [1.82, 2.24) is 5.32 Å². The van der Waals surface area contributed by atoms with Gasteiger partial charge in [-0.15, -0.1) is 0 Å². The summed E-state index contributed by atoms with van der Waals surface area (Å²) in [6.45, 7) is 1.94. The Morgan fingerprint density at radius 1 is 0.926 bits per heavy atom. The van der Waals surface area contributed by atoms with Crippen molar-refractivity contribution in [2.24, 2.45) is 0 Å². The Hall–Kier alpha value is -2.78. The van der Waals surface area contributed by atoms with E-state index in [2.05, 4.69) is 59.9 Å². The molecule has 3 aromatic rings. The van der Waals surface area contributed by atoms with Crippen molar-refractivity contribution < 1.29 is 9.47 Å². The lowest BCUT2D eigenvalue weighted by atomic mass is 9.82. The number of benzene rings is 3.